The molecule has 13 heavy (non-hydrogen) atoms. The van der Waals surface area contributed by atoms with E-state index < -0.39 is 0 Å². The second-order valence-corrected chi connectivity index (χ2v) is 4.39. The maximum atomic E-state index is 4.98. The zero-order valence-corrected chi connectivity index (χ0v) is 9.06. The normalized spacial score (nSPS) is 13.1. The number of hydrogen-bond donors (Lipinski definition) is 1. The Morgan fingerprint density at radius 1 is 1.62 bits per heavy atom. The van der Waals surface area contributed by atoms with Gasteiger partial charge in [0.05, 0.1) is 12.5 Å². The van der Waals surface area contributed by atoms with E-state index in [2.05, 4.69) is 19.2 Å². The first-order chi connectivity index (χ1) is 6.33. The number of rotatable bonds is 6. The number of hydrogen-bond acceptors (Lipinski definition) is 3. The van der Waals surface area contributed by atoms with Gasteiger partial charge >= 0.3 is 0 Å². The van der Waals surface area contributed by atoms with Crippen LogP contribution in [0.2, 0.25) is 0 Å². The number of thioether (sulfide) groups is 1. The highest BCUT2D eigenvalue weighted by Crippen LogP contribution is 2.03. The molecule has 0 spiro atoms. The quantitative estimate of drug-likeness (QED) is 0.762. The second kappa shape index (κ2) is 6.11. The van der Waals surface area contributed by atoms with E-state index in [-0.39, 0.29) is 0 Å². The first kappa shape index (κ1) is 10.7. The Bertz CT molecular complexity index is 211. The highest BCUT2D eigenvalue weighted by atomic mass is 32.2. The topological polar surface area (TPSA) is 25.2 Å². The van der Waals surface area contributed by atoms with E-state index in [1.165, 1.54) is 17.1 Å². The van der Waals surface area contributed by atoms with Crippen molar-refractivity contribution >= 4 is 11.8 Å². The molecule has 2 nitrogen and oxygen atoms in total. The third kappa shape index (κ3) is 4.39. The van der Waals surface area contributed by atoms with Crippen LogP contribution in [0.5, 0.6) is 0 Å². The fourth-order valence-corrected chi connectivity index (χ4v) is 1.75. The molecule has 0 radical (unpaired) electrons. The number of furan rings is 1. The van der Waals surface area contributed by atoms with Gasteiger partial charge in [0.25, 0.3) is 0 Å². The molecule has 3 heteroatoms. The molecule has 1 aromatic rings. The lowest BCUT2D eigenvalue weighted by atomic mass is 10.3. The van der Waals surface area contributed by atoms with Crippen LogP contribution in [-0.4, -0.2) is 17.5 Å². The highest BCUT2D eigenvalue weighted by molar-refractivity contribution is 7.99. The molecule has 0 bridgehead atoms. The summed E-state index contributed by atoms with van der Waals surface area (Å²) in [4.78, 5) is 0. The molecule has 0 fully saturated rings. The number of nitrogens with one attached hydrogen (secondary N) is 1. The molecule has 1 N–H and O–H groups in total. The average Bonchev–Trinajstić information content (AvgIpc) is 2.64. The summed E-state index contributed by atoms with van der Waals surface area (Å²) in [6.07, 6.45) is 3.50. The van der Waals surface area contributed by atoms with E-state index in [1.54, 1.807) is 12.5 Å². The van der Waals surface area contributed by atoms with E-state index >= 15 is 0 Å². The molecule has 0 amide bonds. The van der Waals surface area contributed by atoms with Gasteiger partial charge in [0.1, 0.15) is 0 Å². The van der Waals surface area contributed by atoms with Gasteiger partial charge in [-0.2, -0.15) is 11.8 Å². The molecule has 1 aromatic heterocycles. The minimum absolute atomic E-state index is 0.569. The smallest absolute Gasteiger partial charge is 0.0947 e. The van der Waals surface area contributed by atoms with Crippen LogP contribution in [0.25, 0.3) is 0 Å². The molecule has 1 heterocycles. The molecule has 1 rings (SSSR count). The van der Waals surface area contributed by atoms with Gasteiger partial charge in [0.2, 0.25) is 0 Å². The van der Waals surface area contributed by atoms with Crippen LogP contribution >= 0.6 is 11.8 Å². The molecular weight excluding hydrogens is 182 g/mol. The van der Waals surface area contributed by atoms with Gasteiger partial charge in [-0.25, -0.2) is 0 Å². The second-order valence-electron chi connectivity index (χ2n) is 3.07. The minimum Gasteiger partial charge on any atom is -0.472 e. The van der Waals surface area contributed by atoms with Gasteiger partial charge in [0.15, 0.2) is 0 Å². The van der Waals surface area contributed by atoms with Gasteiger partial charge in [-0.3, -0.25) is 0 Å². The molecule has 1 atom stereocenters. The summed E-state index contributed by atoms with van der Waals surface area (Å²) in [7, 11) is 0. The SMILES string of the molecule is CCSCC(C)NCc1ccoc1. The van der Waals surface area contributed by atoms with Crippen molar-refractivity contribution in [1.82, 2.24) is 5.32 Å². The van der Waals surface area contributed by atoms with Crippen molar-refractivity contribution in [2.45, 2.75) is 26.4 Å². The molecule has 0 saturated heterocycles. The molecule has 0 aromatic carbocycles. The zero-order chi connectivity index (χ0) is 9.52. The largest absolute Gasteiger partial charge is 0.472 e. The first-order valence-electron chi connectivity index (χ1n) is 4.65. The van der Waals surface area contributed by atoms with E-state index in [4.69, 9.17) is 4.42 Å². The monoisotopic (exact) mass is 199 g/mol. The summed E-state index contributed by atoms with van der Waals surface area (Å²) in [5.41, 5.74) is 1.22. The van der Waals surface area contributed by atoms with Crippen LogP contribution in [0.4, 0.5) is 0 Å². The predicted octanol–water partition coefficient (Wildman–Crippen LogP) is 2.51. The third-order valence-electron chi connectivity index (χ3n) is 1.81. The van der Waals surface area contributed by atoms with Crippen LogP contribution in [0.15, 0.2) is 23.0 Å². The van der Waals surface area contributed by atoms with Crippen molar-refractivity contribution in [3.05, 3.63) is 24.2 Å². The van der Waals surface area contributed by atoms with Gasteiger partial charge in [-0.15, -0.1) is 0 Å². The molecule has 0 aliphatic rings. The van der Waals surface area contributed by atoms with Crippen LogP contribution in [-0.2, 0) is 6.54 Å². The maximum absolute atomic E-state index is 4.98. The van der Waals surface area contributed by atoms with Crippen molar-refractivity contribution in [1.29, 1.82) is 0 Å². The van der Waals surface area contributed by atoms with Crippen molar-refractivity contribution < 1.29 is 4.42 Å². The summed E-state index contributed by atoms with van der Waals surface area (Å²) in [5, 5.41) is 3.44. The summed E-state index contributed by atoms with van der Waals surface area (Å²) in [6.45, 7) is 5.30. The fourth-order valence-electron chi connectivity index (χ4n) is 1.04. The average molecular weight is 199 g/mol. The van der Waals surface area contributed by atoms with Crippen LogP contribution in [0.3, 0.4) is 0 Å². The van der Waals surface area contributed by atoms with Crippen molar-refractivity contribution in [3.63, 3.8) is 0 Å². The lowest BCUT2D eigenvalue weighted by molar-refractivity contribution is 0.553. The highest BCUT2D eigenvalue weighted by Gasteiger charge is 2.00. The van der Waals surface area contributed by atoms with E-state index in [0.29, 0.717) is 6.04 Å². The molecule has 0 saturated carbocycles. The van der Waals surface area contributed by atoms with Crippen molar-refractivity contribution in [2.24, 2.45) is 0 Å². The molecule has 0 aliphatic carbocycles. The van der Waals surface area contributed by atoms with Gasteiger partial charge < -0.3 is 9.73 Å². The summed E-state index contributed by atoms with van der Waals surface area (Å²) in [6, 6.07) is 2.56. The lowest BCUT2D eigenvalue weighted by Gasteiger charge is -2.11. The van der Waals surface area contributed by atoms with Crippen LogP contribution < -0.4 is 5.32 Å². The van der Waals surface area contributed by atoms with Crippen LogP contribution in [0.1, 0.15) is 19.4 Å². The van der Waals surface area contributed by atoms with Gasteiger partial charge in [-0.05, 0) is 18.7 Å². The van der Waals surface area contributed by atoms with Gasteiger partial charge in [-0.1, -0.05) is 6.92 Å². The first-order valence-corrected chi connectivity index (χ1v) is 5.80. The Kier molecular flexibility index (Phi) is 5.01. The van der Waals surface area contributed by atoms with Gasteiger partial charge in [0, 0.05) is 23.9 Å². The molecule has 74 valence electrons. The van der Waals surface area contributed by atoms with Crippen LogP contribution in [0, 0.1) is 0 Å². The standard InChI is InChI=1S/C10H17NOS/c1-3-13-8-9(2)11-6-10-4-5-12-7-10/h4-5,7,9,11H,3,6,8H2,1-2H3. The zero-order valence-electron chi connectivity index (χ0n) is 8.25. The van der Waals surface area contributed by atoms with Crippen molar-refractivity contribution in [3.8, 4) is 0 Å². The van der Waals surface area contributed by atoms with E-state index in [1.807, 2.05) is 17.8 Å². The van der Waals surface area contributed by atoms with Crippen molar-refractivity contribution in [2.75, 3.05) is 11.5 Å². The lowest BCUT2D eigenvalue weighted by Crippen LogP contribution is -2.27. The Morgan fingerprint density at radius 2 is 2.46 bits per heavy atom. The Morgan fingerprint density at radius 3 is 3.08 bits per heavy atom. The Hall–Kier alpha value is -0.410. The third-order valence-corrected chi connectivity index (χ3v) is 2.95. The maximum Gasteiger partial charge on any atom is 0.0947 e. The fraction of sp³-hybridized carbons (Fsp3) is 0.600. The minimum atomic E-state index is 0.569. The predicted molar refractivity (Wildman–Crippen MR) is 58.0 cm³/mol. The molecule has 1 unspecified atom stereocenters. The summed E-state index contributed by atoms with van der Waals surface area (Å²) in [5.74, 6) is 2.37. The molecule has 0 aliphatic heterocycles. The summed E-state index contributed by atoms with van der Waals surface area (Å²) < 4.78 is 4.98. The Labute approximate surface area is 84.1 Å². The Balaban J connectivity index is 2.11. The van der Waals surface area contributed by atoms with E-state index in [0.717, 1.165) is 6.54 Å². The molecular formula is C10H17NOS. The van der Waals surface area contributed by atoms with E-state index in [9.17, 15) is 0 Å². The summed E-state index contributed by atoms with van der Waals surface area (Å²) >= 11 is 1.97.